The van der Waals surface area contributed by atoms with Gasteiger partial charge in [0.05, 0.1) is 18.0 Å². The molecule has 0 spiro atoms. The number of aliphatic hydroxyl groups is 1. The van der Waals surface area contributed by atoms with E-state index in [4.69, 9.17) is 11.6 Å². The Morgan fingerprint density at radius 1 is 1.07 bits per heavy atom. The molecule has 212 valence electrons. The minimum Gasteiger partial charge on any atom is -0.382 e. The highest BCUT2D eigenvalue weighted by atomic mass is 35.5. The van der Waals surface area contributed by atoms with Crippen LogP contribution in [0.1, 0.15) is 29.3 Å². The van der Waals surface area contributed by atoms with Gasteiger partial charge in [0.1, 0.15) is 6.54 Å². The number of hydrogen-bond donors (Lipinski definition) is 1. The van der Waals surface area contributed by atoms with Crippen LogP contribution in [0.5, 0.6) is 0 Å². The molecule has 0 aliphatic carbocycles. The average molecular weight is 590 g/mol. The van der Waals surface area contributed by atoms with E-state index in [1.54, 1.807) is 0 Å². The number of carbonyl (C=O) groups is 1. The van der Waals surface area contributed by atoms with E-state index in [1.807, 2.05) is 0 Å². The molecule has 1 unspecified atom stereocenters. The maximum Gasteiger partial charge on any atom is 0.416 e. The van der Waals surface area contributed by atoms with Crippen LogP contribution in [-0.2, 0) is 24.1 Å². The molecule has 0 amide bonds. The largest absolute Gasteiger partial charge is 0.416 e. The average Bonchev–Trinajstić information content (AvgIpc) is 3.51. The van der Waals surface area contributed by atoms with Crippen LogP contribution in [0.25, 0.3) is 11.4 Å². The number of Topliss-reactive ketones (excluding diaryl/α,β-unsaturated/α-hetero) is 1. The Balaban J connectivity index is 1.66. The van der Waals surface area contributed by atoms with Gasteiger partial charge in [-0.1, -0.05) is 35.0 Å². The Morgan fingerprint density at radius 3 is 2.38 bits per heavy atom. The molecule has 2 atom stereocenters. The molecular formula is C24H18ClF6N5O4. The smallest absolute Gasteiger partial charge is 0.382 e. The first kappa shape index (κ1) is 29.0. The van der Waals surface area contributed by atoms with E-state index in [1.165, 1.54) is 30.3 Å². The number of benzene rings is 2. The third-order valence-corrected chi connectivity index (χ3v) is 6.07. The Labute approximate surface area is 225 Å². The summed E-state index contributed by atoms with van der Waals surface area (Å²) in [4.78, 5) is 29.9. The van der Waals surface area contributed by atoms with Crippen LogP contribution in [0.15, 0.2) is 64.2 Å². The molecule has 0 aliphatic heterocycles. The van der Waals surface area contributed by atoms with Crippen LogP contribution >= 0.6 is 11.6 Å². The van der Waals surface area contributed by atoms with Gasteiger partial charge in [0.15, 0.2) is 23.5 Å². The molecular weight excluding hydrogens is 572 g/mol. The molecule has 9 nitrogen and oxygen atoms in total. The predicted octanol–water partition coefficient (Wildman–Crippen LogP) is 4.48. The number of hydrogen-bond acceptors (Lipinski definition) is 7. The molecule has 40 heavy (non-hydrogen) atoms. The molecule has 4 rings (SSSR count). The first-order valence-corrected chi connectivity index (χ1v) is 11.8. The van der Waals surface area contributed by atoms with Crippen molar-refractivity contribution >= 4 is 17.4 Å². The molecule has 0 saturated heterocycles. The van der Waals surface area contributed by atoms with E-state index in [0.29, 0.717) is 14.3 Å². The molecule has 2 aromatic heterocycles. The standard InChI is InChI=1S/C24H18ClF6N5O4/c25-16-6-4-13(5-7-16)21-33-36(22(39)35(21)11-19(38)24(29,30)31)10-17(37)9-18(20-32-12-40-34-20)14-2-1-3-15(8-14)23(26,27)28/h1-8,12,18-19,38H,9-11H2/t18?,19-/m0/s1. The lowest BCUT2D eigenvalue weighted by molar-refractivity contribution is -0.207. The third-order valence-electron chi connectivity index (χ3n) is 5.82. The van der Waals surface area contributed by atoms with Crippen molar-refractivity contribution < 1.29 is 40.8 Å². The summed E-state index contributed by atoms with van der Waals surface area (Å²) in [5.74, 6) is -2.20. The van der Waals surface area contributed by atoms with Crippen LogP contribution in [0.4, 0.5) is 26.3 Å². The van der Waals surface area contributed by atoms with Gasteiger partial charge in [0.25, 0.3) is 0 Å². The highest BCUT2D eigenvalue weighted by Gasteiger charge is 2.39. The molecule has 16 heteroatoms. The Hall–Kier alpha value is -3.98. The van der Waals surface area contributed by atoms with Gasteiger partial charge >= 0.3 is 18.0 Å². The van der Waals surface area contributed by atoms with Crippen molar-refractivity contribution in [2.75, 3.05) is 0 Å². The predicted molar refractivity (Wildman–Crippen MR) is 126 cm³/mol. The summed E-state index contributed by atoms with van der Waals surface area (Å²) in [6.07, 6.45) is -12.2. The fourth-order valence-corrected chi connectivity index (χ4v) is 4.01. The van der Waals surface area contributed by atoms with Crippen LogP contribution in [0.3, 0.4) is 0 Å². The molecule has 1 N–H and O–H groups in total. The van der Waals surface area contributed by atoms with Crippen LogP contribution < -0.4 is 5.69 Å². The summed E-state index contributed by atoms with van der Waals surface area (Å²) in [5.41, 5.74) is -1.89. The van der Waals surface area contributed by atoms with Crippen LogP contribution in [-0.4, -0.2) is 47.7 Å². The van der Waals surface area contributed by atoms with E-state index in [0.717, 1.165) is 24.6 Å². The molecule has 4 aromatic rings. The van der Waals surface area contributed by atoms with Crippen molar-refractivity contribution in [1.29, 1.82) is 0 Å². The van der Waals surface area contributed by atoms with Gasteiger partial charge in [0, 0.05) is 17.0 Å². The Bertz CT molecular complexity index is 1530. The SMILES string of the molecule is O=C(CC(c1cccc(C(F)(F)F)c1)c1ncon1)Cn1nc(-c2ccc(Cl)cc2)n(C[C@H](O)C(F)(F)F)c1=O. The molecule has 2 aromatic carbocycles. The molecule has 0 aliphatic rings. The van der Waals surface area contributed by atoms with Crippen LogP contribution in [0, 0.1) is 0 Å². The Morgan fingerprint density at radius 2 is 1.77 bits per heavy atom. The molecule has 0 bridgehead atoms. The second-order valence-electron chi connectivity index (χ2n) is 8.65. The number of rotatable bonds is 9. The number of aliphatic hydroxyl groups excluding tert-OH is 1. The zero-order valence-electron chi connectivity index (χ0n) is 20.0. The maximum absolute atomic E-state index is 13.3. The number of alkyl halides is 6. The summed E-state index contributed by atoms with van der Waals surface area (Å²) < 4.78 is 84.9. The number of nitrogens with zero attached hydrogens (tertiary/aromatic N) is 5. The number of carbonyl (C=O) groups excluding carboxylic acids is 1. The fraction of sp³-hybridized carbons (Fsp3) is 0.292. The number of ketones is 1. The summed E-state index contributed by atoms with van der Waals surface area (Å²) in [6, 6.07) is 9.72. The lowest BCUT2D eigenvalue weighted by atomic mass is 9.91. The first-order valence-electron chi connectivity index (χ1n) is 11.4. The summed E-state index contributed by atoms with van der Waals surface area (Å²) >= 11 is 5.86. The first-order chi connectivity index (χ1) is 18.7. The van der Waals surface area contributed by atoms with Crippen molar-refractivity contribution in [1.82, 2.24) is 24.5 Å². The minimum atomic E-state index is -5.04. The second kappa shape index (κ2) is 11.3. The molecule has 2 heterocycles. The second-order valence-corrected chi connectivity index (χ2v) is 9.08. The Kier molecular flexibility index (Phi) is 8.16. The lowest BCUT2D eigenvalue weighted by Crippen LogP contribution is -2.37. The fourth-order valence-electron chi connectivity index (χ4n) is 3.88. The summed E-state index contributed by atoms with van der Waals surface area (Å²) in [7, 11) is 0. The maximum atomic E-state index is 13.3. The summed E-state index contributed by atoms with van der Waals surface area (Å²) in [6.45, 7) is -1.95. The van der Waals surface area contributed by atoms with E-state index in [9.17, 15) is 41.0 Å². The monoisotopic (exact) mass is 589 g/mol. The van der Waals surface area contributed by atoms with Crippen molar-refractivity contribution in [2.45, 2.75) is 43.9 Å². The minimum absolute atomic E-state index is 0.0394. The number of aromatic nitrogens is 5. The highest BCUT2D eigenvalue weighted by Crippen LogP contribution is 2.33. The zero-order chi connectivity index (χ0) is 29.2. The molecule has 0 fully saturated rings. The number of halogens is 7. The zero-order valence-corrected chi connectivity index (χ0v) is 20.8. The normalized spacial score (nSPS) is 13.8. The van der Waals surface area contributed by atoms with E-state index in [2.05, 4.69) is 19.8 Å². The van der Waals surface area contributed by atoms with Gasteiger partial charge in [-0.15, -0.1) is 5.10 Å². The van der Waals surface area contributed by atoms with Gasteiger partial charge in [-0.05, 0) is 35.9 Å². The van der Waals surface area contributed by atoms with E-state index in [-0.39, 0.29) is 22.8 Å². The van der Waals surface area contributed by atoms with Gasteiger partial charge < -0.3 is 9.63 Å². The van der Waals surface area contributed by atoms with E-state index < -0.39 is 60.9 Å². The highest BCUT2D eigenvalue weighted by molar-refractivity contribution is 6.30. The van der Waals surface area contributed by atoms with Gasteiger partial charge in [-0.3, -0.25) is 9.36 Å². The van der Waals surface area contributed by atoms with Gasteiger partial charge in [-0.2, -0.15) is 31.3 Å². The van der Waals surface area contributed by atoms with Crippen molar-refractivity contribution in [3.63, 3.8) is 0 Å². The molecule has 0 saturated carbocycles. The lowest BCUT2D eigenvalue weighted by Gasteiger charge is -2.15. The van der Waals surface area contributed by atoms with Gasteiger partial charge in [-0.25, -0.2) is 9.48 Å². The quantitative estimate of drug-likeness (QED) is 0.286. The topological polar surface area (TPSA) is 116 Å². The van der Waals surface area contributed by atoms with Gasteiger partial charge in [0.2, 0.25) is 6.39 Å². The van der Waals surface area contributed by atoms with Crippen molar-refractivity contribution in [2.24, 2.45) is 0 Å². The van der Waals surface area contributed by atoms with E-state index >= 15 is 0 Å². The third kappa shape index (κ3) is 6.59. The summed E-state index contributed by atoms with van der Waals surface area (Å²) in [5, 5.41) is 17.5. The van der Waals surface area contributed by atoms with Crippen molar-refractivity contribution in [3.05, 3.63) is 87.4 Å². The molecule has 0 radical (unpaired) electrons. The van der Waals surface area contributed by atoms with Crippen molar-refractivity contribution in [3.8, 4) is 11.4 Å². The van der Waals surface area contributed by atoms with Crippen LogP contribution in [0.2, 0.25) is 5.02 Å².